The smallest absolute Gasteiger partial charge is 0.208 e. The average Bonchev–Trinajstić information content (AvgIpc) is 2.83. The van der Waals surface area contributed by atoms with Crippen molar-refractivity contribution in [2.75, 3.05) is 0 Å². The second-order valence-corrected chi connectivity index (χ2v) is 3.71. The first-order valence-corrected chi connectivity index (χ1v) is 5.02. The molecule has 3 heterocycles. The highest BCUT2D eigenvalue weighted by Gasteiger charge is 2.13. The molecule has 4 aromatic rings. The molecule has 76 valence electrons. The molecule has 0 amide bonds. The van der Waals surface area contributed by atoms with E-state index in [1.807, 2.05) is 18.2 Å². The van der Waals surface area contributed by atoms with Crippen molar-refractivity contribution in [3.8, 4) is 0 Å². The molecule has 4 rings (SSSR count). The average molecular weight is 209 g/mol. The standard InChI is InChI=1S/C12H7N3O/c1-2-4-8-7(3-1)10-11-9(5-13-6-14-11)16-12(10)15-8/h1-6,15H. The molecule has 3 aromatic heterocycles. The van der Waals surface area contributed by atoms with E-state index in [0.29, 0.717) is 0 Å². The fourth-order valence-corrected chi connectivity index (χ4v) is 2.12. The van der Waals surface area contributed by atoms with Gasteiger partial charge in [-0.25, -0.2) is 9.97 Å². The Kier molecular flexibility index (Phi) is 1.28. The van der Waals surface area contributed by atoms with Crippen LogP contribution in [-0.2, 0) is 0 Å². The van der Waals surface area contributed by atoms with Crippen molar-refractivity contribution < 1.29 is 4.42 Å². The summed E-state index contributed by atoms with van der Waals surface area (Å²) in [5.74, 6) is 0. The van der Waals surface area contributed by atoms with Crippen LogP contribution in [0.15, 0.2) is 41.2 Å². The maximum Gasteiger partial charge on any atom is 0.208 e. The number of benzene rings is 1. The molecule has 4 nitrogen and oxygen atoms in total. The van der Waals surface area contributed by atoms with Crippen LogP contribution in [0.25, 0.3) is 33.1 Å². The van der Waals surface area contributed by atoms with Crippen LogP contribution in [0, 0.1) is 0 Å². The largest absolute Gasteiger partial charge is 0.436 e. The van der Waals surface area contributed by atoms with Crippen LogP contribution < -0.4 is 0 Å². The van der Waals surface area contributed by atoms with Gasteiger partial charge in [-0.1, -0.05) is 18.2 Å². The van der Waals surface area contributed by atoms with Gasteiger partial charge in [0.05, 0.1) is 11.6 Å². The summed E-state index contributed by atoms with van der Waals surface area (Å²) in [5.41, 5.74) is 3.41. The third-order valence-electron chi connectivity index (χ3n) is 2.80. The van der Waals surface area contributed by atoms with Gasteiger partial charge in [-0.05, 0) is 6.07 Å². The number of aromatic nitrogens is 3. The van der Waals surface area contributed by atoms with Crippen LogP contribution >= 0.6 is 0 Å². The Balaban J connectivity index is 2.38. The minimum atomic E-state index is 0.717. The Morgan fingerprint density at radius 1 is 1.19 bits per heavy atom. The predicted octanol–water partition coefficient (Wildman–Crippen LogP) is 2.86. The molecule has 1 N–H and O–H groups in total. The Hall–Kier alpha value is -2.36. The number of para-hydroxylation sites is 1. The second-order valence-electron chi connectivity index (χ2n) is 3.71. The monoisotopic (exact) mass is 209 g/mol. The maximum atomic E-state index is 5.66. The highest BCUT2D eigenvalue weighted by molar-refractivity contribution is 6.17. The topological polar surface area (TPSA) is 54.7 Å². The summed E-state index contributed by atoms with van der Waals surface area (Å²) >= 11 is 0. The summed E-state index contributed by atoms with van der Waals surface area (Å²) in [4.78, 5) is 11.4. The highest BCUT2D eigenvalue weighted by atomic mass is 16.3. The zero-order chi connectivity index (χ0) is 10.5. The molecule has 0 atom stereocenters. The van der Waals surface area contributed by atoms with Crippen LogP contribution in [0.4, 0.5) is 0 Å². The summed E-state index contributed by atoms with van der Waals surface area (Å²) in [6, 6.07) is 8.09. The molecule has 0 aliphatic carbocycles. The van der Waals surface area contributed by atoms with Gasteiger partial charge in [0.1, 0.15) is 11.8 Å². The zero-order valence-corrected chi connectivity index (χ0v) is 8.27. The molecule has 16 heavy (non-hydrogen) atoms. The Morgan fingerprint density at radius 3 is 3.12 bits per heavy atom. The van der Waals surface area contributed by atoms with Gasteiger partial charge in [0.25, 0.3) is 0 Å². The first-order valence-electron chi connectivity index (χ1n) is 5.02. The number of fused-ring (bicyclic) bond motifs is 5. The van der Waals surface area contributed by atoms with Gasteiger partial charge in [0, 0.05) is 10.9 Å². The SMILES string of the molecule is c1ccc2c(c1)[nH]c1oc3cncnc3c12. The molecule has 0 aliphatic rings. The lowest BCUT2D eigenvalue weighted by Gasteiger charge is -1.89. The lowest BCUT2D eigenvalue weighted by molar-refractivity contribution is 0.654. The molecular formula is C12H7N3O. The molecule has 0 saturated heterocycles. The van der Waals surface area contributed by atoms with Gasteiger partial charge >= 0.3 is 0 Å². The van der Waals surface area contributed by atoms with E-state index in [4.69, 9.17) is 4.42 Å². The Labute approximate surface area is 89.9 Å². The van der Waals surface area contributed by atoms with Gasteiger partial charge in [0.15, 0.2) is 5.58 Å². The number of rotatable bonds is 0. The van der Waals surface area contributed by atoms with Crippen molar-refractivity contribution in [3.63, 3.8) is 0 Å². The molecule has 4 heteroatoms. The van der Waals surface area contributed by atoms with Crippen LogP contribution in [0.1, 0.15) is 0 Å². The third-order valence-corrected chi connectivity index (χ3v) is 2.80. The van der Waals surface area contributed by atoms with Crippen molar-refractivity contribution in [1.82, 2.24) is 15.0 Å². The highest BCUT2D eigenvalue weighted by Crippen LogP contribution is 2.32. The molecule has 0 fully saturated rings. The summed E-state index contributed by atoms with van der Waals surface area (Å²) in [5, 5.41) is 2.17. The summed E-state index contributed by atoms with van der Waals surface area (Å²) in [7, 11) is 0. The van der Waals surface area contributed by atoms with Crippen molar-refractivity contribution in [2.24, 2.45) is 0 Å². The number of nitrogens with zero attached hydrogens (tertiary/aromatic N) is 2. The molecule has 1 aromatic carbocycles. The molecule has 0 spiro atoms. The number of nitrogens with one attached hydrogen (secondary N) is 1. The van der Waals surface area contributed by atoms with Gasteiger partial charge in [-0.3, -0.25) is 0 Å². The van der Waals surface area contributed by atoms with E-state index in [1.54, 1.807) is 12.5 Å². The summed E-state index contributed by atoms with van der Waals surface area (Å²) in [6.45, 7) is 0. The van der Waals surface area contributed by atoms with E-state index >= 15 is 0 Å². The van der Waals surface area contributed by atoms with Crippen molar-refractivity contribution in [1.29, 1.82) is 0 Å². The fraction of sp³-hybridized carbons (Fsp3) is 0. The molecular weight excluding hydrogens is 202 g/mol. The maximum absolute atomic E-state index is 5.66. The minimum Gasteiger partial charge on any atom is -0.436 e. The third kappa shape index (κ3) is 0.839. The fourth-order valence-electron chi connectivity index (χ4n) is 2.12. The van der Waals surface area contributed by atoms with Crippen LogP contribution in [-0.4, -0.2) is 15.0 Å². The quantitative estimate of drug-likeness (QED) is 0.484. The molecule has 0 saturated carbocycles. The van der Waals surface area contributed by atoms with E-state index in [1.165, 1.54) is 0 Å². The number of hydrogen-bond donors (Lipinski definition) is 1. The van der Waals surface area contributed by atoms with Crippen molar-refractivity contribution in [3.05, 3.63) is 36.8 Å². The van der Waals surface area contributed by atoms with E-state index < -0.39 is 0 Å². The van der Waals surface area contributed by atoms with Gasteiger partial charge in [0.2, 0.25) is 5.71 Å². The summed E-state index contributed by atoms with van der Waals surface area (Å²) in [6.07, 6.45) is 3.23. The number of furan rings is 1. The van der Waals surface area contributed by atoms with Crippen LogP contribution in [0.3, 0.4) is 0 Å². The number of H-pyrrole nitrogens is 1. The van der Waals surface area contributed by atoms with Gasteiger partial charge in [-0.15, -0.1) is 0 Å². The first kappa shape index (κ1) is 7.87. The molecule has 0 aliphatic heterocycles. The minimum absolute atomic E-state index is 0.717. The van der Waals surface area contributed by atoms with E-state index in [-0.39, 0.29) is 0 Å². The zero-order valence-electron chi connectivity index (χ0n) is 8.27. The van der Waals surface area contributed by atoms with Crippen molar-refractivity contribution >= 4 is 33.1 Å². The van der Waals surface area contributed by atoms with Crippen LogP contribution in [0.2, 0.25) is 0 Å². The van der Waals surface area contributed by atoms with Crippen molar-refractivity contribution in [2.45, 2.75) is 0 Å². The predicted molar refractivity (Wildman–Crippen MR) is 61.2 cm³/mol. The van der Waals surface area contributed by atoms with E-state index in [2.05, 4.69) is 21.0 Å². The Morgan fingerprint density at radius 2 is 2.12 bits per heavy atom. The molecule has 0 bridgehead atoms. The lowest BCUT2D eigenvalue weighted by atomic mass is 10.2. The number of hydrogen-bond acceptors (Lipinski definition) is 3. The lowest BCUT2D eigenvalue weighted by Crippen LogP contribution is -1.75. The molecule has 0 radical (unpaired) electrons. The first-order chi connectivity index (χ1) is 7.93. The van der Waals surface area contributed by atoms with Gasteiger partial charge < -0.3 is 9.40 Å². The summed E-state index contributed by atoms with van der Waals surface area (Å²) < 4.78 is 5.66. The number of aromatic amines is 1. The van der Waals surface area contributed by atoms with E-state index in [9.17, 15) is 0 Å². The molecule has 0 unspecified atom stereocenters. The van der Waals surface area contributed by atoms with E-state index in [0.717, 1.165) is 33.1 Å². The Bertz CT molecular complexity index is 747. The normalized spacial score (nSPS) is 11.8. The van der Waals surface area contributed by atoms with Gasteiger partial charge in [-0.2, -0.15) is 0 Å². The van der Waals surface area contributed by atoms with Crippen LogP contribution in [0.5, 0.6) is 0 Å². The second kappa shape index (κ2) is 2.61.